The number of nitrogens with zero attached hydrogens (tertiary/aromatic N) is 2. The predicted octanol–water partition coefficient (Wildman–Crippen LogP) is 3.27. The van der Waals surface area contributed by atoms with Crippen molar-refractivity contribution in [3.05, 3.63) is 40.6 Å². The first-order valence-corrected chi connectivity index (χ1v) is 6.21. The largest absolute Gasteiger partial charge is 0.375 e. The maximum absolute atomic E-state index is 3.98. The highest BCUT2D eigenvalue weighted by Crippen LogP contribution is 2.25. The summed E-state index contributed by atoms with van der Waals surface area (Å²) in [7, 11) is 0. The molecule has 2 heterocycles. The molecule has 0 aliphatic rings. The molecular formula is C12H15N3S. The van der Waals surface area contributed by atoms with Crippen LogP contribution in [0, 0.1) is 0 Å². The van der Waals surface area contributed by atoms with Gasteiger partial charge >= 0.3 is 0 Å². The second-order valence-electron chi connectivity index (χ2n) is 3.65. The first-order chi connectivity index (χ1) is 7.79. The molecule has 2 aromatic heterocycles. The van der Waals surface area contributed by atoms with Crippen LogP contribution >= 0.6 is 11.3 Å². The Morgan fingerprint density at radius 3 is 2.69 bits per heavy atom. The van der Waals surface area contributed by atoms with Gasteiger partial charge in [0.25, 0.3) is 0 Å². The van der Waals surface area contributed by atoms with Gasteiger partial charge in [-0.1, -0.05) is 6.92 Å². The van der Waals surface area contributed by atoms with Crippen molar-refractivity contribution in [1.29, 1.82) is 0 Å². The number of hydrogen-bond donors (Lipinski definition) is 1. The van der Waals surface area contributed by atoms with Crippen LogP contribution in [0.15, 0.2) is 30.9 Å². The monoisotopic (exact) mass is 233 g/mol. The van der Waals surface area contributed by atoms with E-state index in [0.717, 1.165) is 12.1 Å². The molecule has 4 heteroatoms. The van der Waals surface area contributed by atoms with Crippen LogP contribution in [0.1, 0.15) is 29.6 Å². The predicted molar refractivity (Wildman–Crippen MR) is 67.8 cm³/mol. The number of anilines is 1. The van der Waals surface area contributed by atoms with Crippen LogP contribution in [0.3, 0.4) is 0 Å². The molecule has 84 valence electrons. The van der Waals surface area contributed by atoms with Gasteiger partial charge < -0.3 is 5.32 Å². The number of rotatable bonds is 4. The van der Waals surface area contributed by atoms with Crippen molar-refractivity contribution in [3.63, 3.8) is 0 Å². The Kier molecular flexibility index (Phi) is 3.51. The molecule has 2 rings (SSSR count). The molecule has 0 amide bonds. The molecule has 0 spiro atoms. The summed E-state index contributed by atoms with van der Waals surface area (Å²) in [4.78, 5) is 10.7. The fourth-order valence-electron chi connectivity index (χ4n) is 1.51. The Balaban J connectivity index is 2.05. The summed E-state index contributed by atoms with van der Waals surface area (Å²) in [5.41, 5.74) is 0.960. The van der Waals surface area contributed by atoms with E-state index in [1.54, 1.807) is 12.4 Å². The minimum atomic E-state index is 0.302. The number of hydrogen-bond acceptors (Lipinski definition) is 4. The van der Waals surface area contributed by atoms with Gasteiger partial charge in [-0.2, -0.15) is 0 Å². The van der Waals surface area contributed by atoms with Crippen molar-refractivity contribution in [2.45, 2.75) is 26.3 Å². The molecule has 0 aliphatic carbocycles. The van der Waals surface area contributed by atoms with Crippen molar-refractivity contribution < 1.29 is 0 Å². The van der Waals surface area contributed by atoms with Crippen LogP contribution in [0.2, 0.25) is 0 Å². The Hall–Kier alpha value is -1.42. The Labute approximate surface area is 99.6 Å². The van der Waals surface area contributed by atoms with E-state index in [0.29, 0.717) is 6.04 Å². The maximum atomic E-state index is 3.98. The zero-order chi connectivity index (χ0) is 11.4. The Bertz CT molecular complexity index is 439. The Morgan fingerprint density at radius 2 is 2.06 bits per heavy atom. The van der Waals surface area contributed by atoms with E-state index in [2.05, 4.69) is 41.3 Å². The van der Waals surface area contributed by atoms with Gasteiger partial charge in [-0.15, -0.1) is 11.3 Å². The summed E-state index contributed by atoms with van der Waals surface area (Å²) in [6, 6.07) is 4.68. The third-order valence-electron chi connectivity index (χ3n) is 2.40. The number of aromatic nitrogens is 2. The molecule has 0 saturated heterocycles. The summed E-state index contributed by atoms with van der Waals surface area (Å²) >= 11 is 1.86. The summed E-state index contributed by atoms with van der Waals surface area (Å²) < 4.78 is 0. The smallest absolute Gasteiger partial charge is 0.115 e. The normalized spacial score (nSPS) is 12.4. The second-order valence-corrected chi connectivity index (χ2v) is 4.85. The molecule has 0 bridgehead atoms. The van der Waals surface area contributed by atoms with Gasteiger partial charge in [-0.05, 0) is 25.5 Å². The molecule has 1 N–H and O–H groups in total. The van der Waals surface area contributed by atoms with Gasteiger partial charge in [0.05, 0.1) is 24.1 Å². The zero-order valence-corrected chi connectivity index (χ0v) is 10.3. The molecule has 0 saturated carbocycles. The van der Waals surface area contributed by atoms with E-state index >= 15 is 0 Å². The van der Waals surface area contributed by atoms with Gasteiger partial charge in [0.2, 0.25) is 0 Å². The lowest BCUT2D eigenvalue weighted by Gasteiger charge is -2.12. The van der Waals surface area contributed by atoms with Crippen LogP contribution in [-0.4, -0.2) is 9.97 Å². The topological polar surface area (TPSA) is 37.8 Å². The van der Waals surface area contributed by atoms with Gasteiger partial charge in [-0.25, -0.2) is 9.97 Å². The van der Waals surface area contributed by atoms with E-state index in [1.807, 2.05) is 11.3 Å². The highest BCUT2D eigenvalue weighted by Gasteiger charge is 2.07. The molecule has 2 aromatic rings. The molecule has 0 radical (unpaired) electrons. The van der Waals surface area contributed by atoms with Crippen LogP contribution in [0.25, 0.3) is 0 Å². The third kappa shape index (κ3) is 2.58. The molecule has 0 aromatic carbocycles. The molecular weight excluding hydrogens is 218 g/mol. The first kappa shape index (κ1) is 11.1. The molecule has 1 atom stereocenters. The third-order valence-corrected chi connectivity index (χ3v) is 3.81. The zero-order valence-electron chi connectivity index (χ0n) is 9.47. The van der Waals surface area contributed by atoms with Crippen molar-refractivity contribution >= 4 is 17.0 Å². The molecule has 16 heavy (non-hydrogen) atoms. The highest BCUT2D eigenvalue weighted by molar-refractivity contribution is 7.12. The number of aryl methyl sites for hydroxylation is 1. The van der Waals surface area contributed by atoms with Crippen LogP contribution in [0.5, 0.6) is 0 Å². The molecule has 1 unspecified atom stereocenters. The molecule has 0 aliphatic heterocycles. The van der Waals surface area contributed by atoms with Gasteiger partial charge in [-0.3, -0.25) is 0 Å². The van der Waals surface area contributed by atoms with Crippen LogP contribution in [0.4, 0.5) is 5.69 Å². The summed E-state index contributed by atoms with van der Waals surface area (Å²) in [6.45, 7) is 4.33. The van der Waals surface area contributed by atoms with Crippen molar-refractivity contribution in [3.8, 4) is 0 Å². The minimum absolute atomic E-state index is 0.302. The van der Waals surface area contributed by atoms with Gasteiger partial charge in [0.1, 0.15) is 6.33 Å². The van der Waals surface area contributed by atoms with Gasteiger partial charge in [0, 0.05) is 9.75 Å². The second kappa shape index (κ2) is 5.07. The lowest BCUT2D eigenvalue weighted by molar-refractivity contribution is 0.902. The lowest BCUT2D eigenvalue weighted by atomic mass is 10.2. The standard InChI is InChI=1S/C12H15N3S/c1-3-11-4-5-12(16-11)9(2)15-10-6-13-8-14-7-10/h4-9,15H,3H2,1-2H3. The summed E-state index contributed by atoms with van der Waals surface area (Å²) in [5, 5.41) is 3.38. The lowest BCUT2D eigenvalue weighted by Crippen LogP contribution is -2.05. The fraction of sp³-hybridized carbons (Fsp3) is 0.333. The average Bonchev–Trinajstić information content (AvgIpc) is 2.79. The SMILES string of the molecule is CCc1ccc(C(C)Nc2cncnc2)s1. The Morgan fingerprint density at radius 1 is 1.31 bits per heavy atom. The summed E-state index contributed by atoms with van der Waals surface area (Å²) in [5.74, 6) is 0. The van der Waals surface area contributed by atoms with Crippen LogP contribution < -0.4 is 5.32 Å². The van der Waals surface area contributed by atoms with E-state index < -0.39 is 0 Å². The molecule has 0 fully saturated rings. The van der Waals surface area contributed by atoms with Crippen molar-refractivity contribution in [2.24, 2.45) is 0 Å². The highest BCUT2D eigenvalue weighted by atomic mass is 32.1. The molecule has 3 nitrogen and oxygen atoms in total. The van der Waals surface area contributed by atoms with Crippen molar-refractivity contribution in [1.82, 2.24) is 9.97 Å². The van der Waals surface area contributed by atoms with E-state index in [-0.39, 0.29) is 0 Å². The maximum Gasteiger partial charge on any atom is 0.115 e. The van der Waals surface area contributed by atoms with Crippen LogP contribution in [-0.2, 0) is 6.42 Å². The average molecular weight is 233 g/mol. The van der Waals surface area contributed by atoms with Gasteiger partial charge in [0.15, 0.2) is 0 Å². The quantitative estimate of drug-likeness (QED) is 0.880. The van der Waals surface area contributed by atoms with Crippen molar-refractivity contribution in [2.75, 3.05) is 5.32 Å². The van der Waals surface area contributed by atoms with E-state index in [4.69, 9.17) is 0 Å². The number of thiophene rings is 1. The first-order valence-electron chi connectivity index (χ1n) is 5.39. The van der Waals surface area contributed by atoms with E-state index in [1.165, 1.54) is 16.1 Å². The fourth-order valence-corrected chi connectivity index (χ4v) is 2.47. The minimum Gasteiger partial charge on any atom is -0.375 e. The summed E-state index contributed by atoms with van der Waals surface area (Å²) in [6.07, 6.45) is 6.22. The van der Waals surface area contributed by atoms with E-state index in [9.17, 15) is 0 Å². The number of nitrogens with one attached hydrogen (secondary N) is 1.